The van der Waals surface area contributed by atoms with Crippen molar-refractivity contribution < 1.29 is 27.8 Å². The summed E-state index contributed by atoms with van der Waals surface area (Å²) in [5.74, 6) is -1.51. The van der Waals surface area contributed by atoms with Gasteiger partial charge in [0.1, 0.15) is 5.75 Å². The molecule has 0 amide bonds. The molecule has 0 heterocycles. The van der Waals surface area contributed by atoms with Crippen molar-refractivity contribution in [2.24, 2.45) is 0 Å². The Morgan fingerprint density at radius 3 is 2.38 bits per heavy atom. The maximum absolute atomic E-state index is 12.4. The highest BCUT2D eigenvalue weighted by molar-refractivity contribution is 5.90. The molecule has 0 aliphatic heterocycles. The quantitative estimate of drug-likeness (QED) is 0.920. The topological polar surface area (TPSA) is 46.5 Å². The van der Waals surface area contributed by atoms with E-state index in [1.165, 1.54) is 30.3 Å². The molecule has 6 heteroatoms. The van der Waals surface area contributed by atoms with Crippen molar-refractivity contribution in [1.29, 1.82) is 0 Å². The second-order valence-electron chi connectivity index (χ2n) is 4.38. The third-order valence-corrected chi connectivity index (χ3v) is 2.89. The van der Waals surface area contributed by atoms with E-state index in [0.717, 1.165) is 0 Å². The van der Waals surface area contributed by atoms with Crippen molar-refractivity contribution in [3.8, 4) is 16.9 Å². The SMILES string of the molecule is Cc1ccc(C(=O)O)cc1-c1ccccc1OC(F)(F)F. The second-order valence-corrected chi connectivity index (χ2v) is 4.38. The van der Waals surface area contributed by atoms with Gasteiger partial charge in [0.25, 0.3) is 0 Å². The number of aryl methyl sites for hydroxylation is 1. The van der Waals surface area contributed by atoms with Crippen LogP contribution >= 0.6 is 0 Å². The first-order valence-corrected chi connectivity index (χ1v) is 5.97. The van der Waals surface area contributed by atoms with Crippen molar-refractivity contribution >= 4 is 5.97 Å². The standard InChI is InChI=1S/C15H11F3O3/c1-9-6-7-10(14(19)20)8-12(9)11-4-2-3-5-13(11)21-15(16,17)18/h2-8H,1H3,(H,19,20). The predicted octanol–water partition coefficient (Wildman–Crippen LogP) is 4.26. The molecule has 0 saturated carbocycles. The van der Waals surface area contributed by atoms with E-state index in [1.807, 2.05) is 0 Å². The molecule has 21 heavy (non-hydrogen) atoms. The first-order chi connectivity index (χ1) is 9.78. The normalized spacial score (nSPS) is 11.2. The average molecular weight is 296 g/mol. The number of rotatable bonds is 3. The molecule has 0 atom stereocenters. The van der Waals surface area contributed by atoms with Gasteiger partial charge < -0.3 is 9.84 Å². The molecule has 2 aromatic carbocycles. The van der Waals surface area contributed by atoms with Crippen LogP contribution in [0.1, 0.15) is 15.9 Å². The zero-order valence-electron chi connectivity index (χ0n) is 10.9. The fourth-order valence-electron chi connectivity index (χ4n) is 1.95. The second kappa shape index (κ2) is 5.47. The Morgan fingerprint density at radius 2 is 1.76 bits per heavy atom. The molecule has 2 rings (SSSR count). The molecule has 0 aliphatic rings. The number of alkyl halides is 3. The summed E-state index contributed by atoms with van der Waals surface area (Å²) in [4.78, 5) is 11.0. The summed E-state index contributed by atoms with van der Waals surface area (Å²) in [6, 6.07) is 9.89. The van der Waals surface area contributed by atoms with Gasteiger partial charge in [-0.1, -0.05) is 24.3 Å². The number of halogens is 3. The van der Waals surface area contributed by atoms with Crippen LogP contribution in [0.2, 0.25) is 0 Å². The average Bonchev–Trinajstić information content (AvgIpc) is 2.38. The number of hydrogen-bond donors (Lipinski definition) is 1. The number of aromatic carboxylic acids is 1. The van der Waals surface area contributed by atoms with Gasteiger partial charge >= 0.3 is 12.3 Å². The Morgan fingerprint density at radius 1 is 1.10 bits per heavy atom. The van der Waals surface area contributed by atoms with Crippen molar-refractivity contribution in [2.75, 3.05) is 0 Å². The fourth-order valence-corrected chi connectivity index (χ4v) is 1.95. The van der Waals surface area contributed by atoms with Crippen molar-refractivity contribution in [2.45, 2.75) is 13.3 Å². The highest BCUT2D eigenvalue weighted by atomic mass is 19.4. The zero-order chi connectivity index (χ0) is 15.6. The van der Waals surface area contributed by atoms with Crippen LogP contribution < -0.4 is 4.74 Å². The number of para-hydroxylation sites is 1. The molecular formula is C15H11F3O3. The van der Waals surface area contributed by atoms with Crippen LogP contribution in [-0.2, 0) is 0 Å². The molecule has 1 N–H and O–H groups in total. The lowest BCUT2D eigenvalue weighted by Crippen LogP contribution is -2.17. The van der Waals surface area contributed by atoms with E-state index in [9.17, 15) is 18.0 Å². The van der Waals surface area contributed by atoms with E-state index in [1.54, 1.807) is 19.1 Å². The highest BCUT2D eigenvalue weighted by Crippen LogP contribution is 2.35. The Kier molecular flexibility index (Phi) is 3.88. The fraction of sp³-hybridized carbons (Fsp3) is 0.133. The minimum absolute atomic E-state index is 0.00240. The van der Waals surface area contributed by atoms with Gasteiger partial charge in [0.15, 0.2) is 0 Å². The summed E-state index contributed by atoms with van der Waals surface area (Å²) in [5, 5.41) is 8.99. The Labute approximate surface area is 118 Å². The van der Waals surface area contributed by atoms with Gasteiger partial charge in [-0.25, -0.2) is 4.79 Å². The highest BCUT2D eigenvalue weighted by Gasteiger charge is 2.32. The Bertz CT molecular complexity index is 678. The molecular weight excluding hydrogens is 285 g/mol. The van der Waals surface area contributed by atoms with E-state index in [0.29, 0.717) is 11.1 Å². The van der Waals surface area contributed by atoms with Crippen LogP contribution in [0, 0.1) is 6.92 Å². The Hall–Kier alpha value is -2.50. The summed E-state index contributed by atoms with van der Waals surface area (Å²) in [6.45, 7) is 1.69. The first kappa shape index (κ1) is 14.9. The zero-order valence-corrected chi connectivity index (χ0v) is 10.9. The minimum Gasteiger partial charge on any atom is -0.478 e. The summed E-state index contributed by atoms with van der Waals surface area (Å²) in [5.41, 5.74) is 1.22. The van der Waals surface area contributed by atoms with Crippen LogP contribution in [-0.4, -0.2) is 17.4 Å². The first-order valence-electron chi connectivity index (χ1n) is 5.97. The number of ether oxygens (including phenoxy) is 1. The van der Waals surface area contributed by atoms with E-state index in [-0.39, 0.29) is 16.9 Å². The molecule has 0 unspecified atom stereocenters. The van der Waals surface area contributed by atoms with Gasteiger partial charge in [-0.2, -0.15) is 0 Å². The van der Waals surface area contributed by atoms with Gasteiger partial charge in [0, 0.05) is 5.56 Å². The molecule has 0 saturated heterocycles. The van der Waals surface area contributed by atoms with E-state index in [4.69, 9.17) is 5.11 Å². The maximum atomic E-state index is 12.4. The van der Waals surface area contributed by atoms with Crippen molar-refractivity contribution in [3.63, 3.8) is 0 Å². The number of hydrogen-bond acceptors (Lipinski definition) is 2. The van der Waals surface area contributed by atoms with Gasteiger partial charge in [-0.05, 0) is 36.2 Å². The van der Waals surface area contributed by atoms with Crippen LogP contribution in [0.15, 0.2) is 42.5 Å². The predicted molar refractivity (Wildman–Crippen MR) is 70.3 cm³/mol. The third kappa shape index (κ3) is 3.53. The summed E-state index contributed by atoms with van der Waals surface area (Å²) in [6.07, 6.45) is -4.81. The molecule has 110 valence electrons. The number of carboxylic acid groups (broad SMARTS) is 1. The monoisotopic (exact) mass is 296 g/mol. The molecule has 0 aliphatic carbocycles. The molecule has 0 aromatic heterocycles. The third-order valence-electron chi connectivity index (χ3n) is 2.89. The number of carboxylic acids is 1. The van der Waals surface area contributed by atoms with Crippen LogP contribution in [0.5, 0.6) is 5.75 Å². The van der Waals surface area contributed by atoms with E-state index in [2.05, 4.69) is 4.74 Å². The van der Waals surface area contributed by atoms with E-state index < -0.39 is 12.3 Å². The molecule has 3 nitrogen and oxygen atoms in total. The van der Waals surface area contributed by atoms with Gasteiger partial charge in [-0.3, -0.25) is 0 Å². The number of benzene rings is 2. The van der Waals surface area contributed by atoms with Crippen LogP contribution in [0.3, 0.4) is 0 Å². The lowest BCUT2D eigenvalue weighted by Gasteiger charge is -2.15. The lowest BCUT2D eigenvalue weighted by atomic mass is 9.97. The van der Waals surface area contributed by atoms with Crippen molar-refractivity contribution in [1.82, 2.24) is 0 Å². The van der Waals surface area contributed by atoms with Crippen LogP contribution in [0.4, 0.5) is 13.2 Å². The molecule has 0 bridgehead atoms. The summed E-state index contributed by atoms with van der Waals surface area (Å²) in [7, 11) is 0. The minimum atomic E-state index is -4.81. The molecule has 2 aromatic rings. The lowest BCUT2D eigenvalue weighted by molar-refractivity contribution is -0.274. The Balaban J connectivity index is 2.56. The summed E-state index contributed by atoms with van der Waals surface area (Å²) >= 11 is 0. The molecule has 0 fully saturated rings. The summed E-state index contributed by atoms with van der Waals surface area (Å²) < 4.78 is 41.3. The molecule has 0 spiro atoms. The number of carbonyl (C=O) groups is 1. The van der Waals surface area contributed by atoms with E-state index >= 15 is 0 Å². The smallest absolute Gasteiger partial charge is 0.478 e. The van der Waals surface area contributed by atoms with Gasteiger partial charge in [0.2, 0.25) is 0 Å². The van der Waals surface area contributed by atoms with Gasteiger partial charge in [-0.15, -0.1) is 13.2 Å². The molecule has 0 radical (unpaired) electrons. The largest absolute Gasteiger partial charge is 0.573 e. The van der Waals surface area contributed by atoms with Crippen LogP contribution in [0.25, 0.3) is 11.1 Å². The van der Waals surface area contributed by atoms with Crippen molar-refractivity contribution in [3.05, 3.63) is 53.6 Å². The maximum Gasteiger partial charge on any atom is 0.573 e. The van der Waals surface area contributed by atoms with Gasteiger partial charge in [0.05, 0.1) is 5.56 Å².